The van der Waals surface area contributed by atoms with Crippen LogP contribution in [0.25, 0.3) is 0 Å². The summed E-state index contributed by atoms with van der Waals surface area (Å²) in [6.45, 7) is 9.86. The summed E-state index contributed by atoms with van der Waals surface area (Å²) in [4.78, 5) is 2.74. The normalized spacial score (nSPS) is 40.0. The highest BCUT2D eigenvalue weighted by atomic mass is 15.2. The lowest BCUT2D eigenvalue weighted by Crippen LogP contribution is -2.42. The lowest BCUT2D eigenvalue weighted by molar-refractivity contribution is 0.115. The molecule has 0 aromatic carbocycles. The van der Waals surface area contributed by atoms with E-state index in [0.717, 1.165) is 17.9 Å². The summed E-state index contributed by atoms with van der Waals surface area (Å²) in [5.41, 5.74) is 0. The van der Waals surface area contributed by atoms with Crippen molar-refractivity contribution in [1.82, 2.24) is 10.2 Å². The van der Waals surface area contributed by atoms with Crippen LogP contribution in [0.3, 0.4) is 0 Å². The zero-order valence-electron chi connectivity index (χ0n) is 10.3. The highest BCUT2D eigenvalue weighted by Crippen LogP contribution is 2.32. The molecule has 0 aromatic rings. The van der Waals surface area contributed by atoms with E-state index in [1.165, 1.54) is 51.9 Å². The number of nitrogens with one attached hydrogen (secondary N) is 1. The molecule has 2 aliphatic rings. The monoisotopic (exact) mass is 210 g/mol. The molecule has 0 bridgehead atoms. The smallest absolute Gasteiger partial charge is 0.0110 e. The van der Waals surface area contributed by atoms with Gasteiger partial charge in [0, 0.05) is 19.1 Å². The maximum absolute atomic E-state index is 3.49. The minimum absolute atomic E-state index is 0.885. The lowest BCUT2D eigenvalue weighted by Gasteiger charge is -2.38. The second kappa shape index (κ2) is 5.31. The molecule has 0 aromatic heterocycles. The molecule has 1 aliphatic carbocycles. The van der Waals surface area contributed by atoms with Crippen LogP contribution in [0.4, 0.5) is 0 Å². The summed E-state index contributed by atoms with van der Waals surface area (Å²) in [6.07, 6.45) is 5.64. The molecule has 15 heavy (non-hydrogen) atoms. The number of nitrogens with zero attached hydrogens (tertiary/aromatic N) is 1. The third-order valence-corrected chi connectivity index (χ3v) is 4.46. The third-order valence-electron chi connectivity index (χ3n) is 4.46. The van der Waals surface area contributed by atoms with Gasteiger partial charge in [-0.2, -0.15) is 0 Å². The van der Waals surface area contributed by atoms with Crippen molar-refractivity contribution in [3.8, 4) is 0 Å². The molecule has 1 heterocycles. The summed E-state index contributed by atoms with van der Waals surface area (Å²) >= 11 is 0. The molecule has 1 N–H and O–H groups in total. The van der Waals surface area contributed by atoms with Crippen LogP contribution in [-0.2, 0) is 0 Å². The molecule has 2 nitrogen and oxygen atoms in total. The molecular formula is C13H26N2. The first-order valence-electron chi connectivity index (χ1n) is 6.72. The molecule has 88 valence electrons. The summed E-state index contributed by atoms with van der Waals surface area (Å²) in [5, 5.41) is 3.49. The SMILES string of the molecule is CC1CCC(N2CCCNCC2)CC1C. The van der Waals surface area contributed by atoms with E-state index in [0.29, 0.717) is 0 Å². The first-order chi connectivity index (χ1) is 7.27. The molecule has 3 unspecified atom stereocenters. The fourth-order valence-corrected chi connectivity index (χ4v) is 3.08. The van der Waals surface area contributed by atoms with E-state index >= 15 is 0 Å². The molecule has 2 heteroatoms. The molecule has 1 aliphatic heterocycles. The molecule has 0 amide bonds. The van der Waals surface area contributed by atoms with Gasteiger partial charge in [0.15, 0.2) is 0 Å². The Labute approximate surface area is 94.4 Å². The van der Waals surface area contributed by atoms with Gasteiger partial charge >= 0.3 is 0 Å². The van der Waals surface area contributed by atoms with Crippen LogP contribution >= 0.6 is 0 Å². The summed E-state index contributed by atoms with van der Waals surface area (Å²) in [5.74, 6) is 1.88. The molecule has 1 saturated heterocycles. The van der Waals surface area contributed by atoms with Crippen LogP contribution in [0.1, 0.15) is 39.5 Å². The summed E-state index contributed by atoms with van der Waals surface area (Å²) < 4.78 is 0. The predicted molar refractivity (Wildman–Crippen MR) is 65.0 cm³/mol. The molecule has 2 fully saturated rings. The molecular weight excluding hydrogens is 184 g/mol. The lowest BCUT2D eigenvalue weighted by atomic mass is 9.78. The molecule has 2 rings (SSSR count). The van der Waals surface area contributed by atoms with Gasteiger partial charge in [-0.3, -0.25) is 4.90 Å². The van der Waals surface area contributed by atoms with Crippen molar-refractivity contribution in [2.45, 2.75) is 45.6 Å². The quantitative estimate of drug-likeness (QED) is 0.713. The Balaban J connectivity index is 1.86. The first-order valence-corrected chi connectivity index (χ1v) is 6.72. The Kier molecular flexibility index (Phi) is 4.04. The molecule has 1 saturated carbocycles. The Morgan fingerprint density at radius 1 is 1.00 bits per heavy atom. The van der Waals surface area contributed by atoms with E-state index in [4.69, 9.17) is 0 Å². The van der Waals surface area contributed by atoms with Crippen LogP contribution < -0.4 is 5.32 Å². The maximum Gasteiger partial charge on any atom is 0.0110 e. The van der Waals surface area contributed by atoms with Crippen LogP contribution in [0.2, 0.25) is 0 Å². The number of hydrogen-bond acceptors (Lipinski definition) is 2. The topological polar surface area (TPSA) is 15.3 Å². The van der Waals surface area contributed by atoms with Gasteiger partial charge in [0.25, 0.3) is 0 Å². The molecule has 0 spiro atoms. The fraction of sp³-hybridized carbons (Fsp3) is 1.00. The van der Waals surface area contributed by atoms with Gasteiger partial charge in [-0.05, 0) is 50.6 Å². The Morgan fingerprint density at radius 3 is 2.67 bits per heavy atom. The van der Waals surface area contributed by atoms with E-state index in [2.05, 4.69) is 24.1 Å². The van der Waals surface area contributed by atoms with Gasteiger partial charge in [-0.25, -0.2) is 0 Å². The average Bonchev–Trinajstić information content (AvgIpc) is 2.50. The number of rotatable bonds is 1. The van der Waals surface area contributed by atoms with Gasteiger partial charge in [0.2, 0.25) is 0 Å². The highest BCUT2D eigenvalue weighted by Gasteiger charge is 2.28. The van der Waals surface area contributed by atoms with Crippen molar-refractivity contribution in [1.29, 1.82) is 0 Å². The summed E-state index contributed by atoms with van der Waals surface area (Å²) in [7, 11) is 0. The van der Waals surface area contributed by atoms with Crippen molar-refractivity contribution in [3.05, 3.63) is 0 Å². The van der Waals surface area contributed by atoms with E-state index < -0.39 is 0 Å². The van der Waals surface area contributed by atoms with Gasteiger partial charge in [-0.15, -0.1) is 0 Å². The van der Waals surface area contributed by atoms with Crippen molar-refractivity contribution < 1.29 is 0 Å². The predicted octanol–water partition coefficient (Wildman–Crippen LogP) is 2.11. The van der Waals surface area contributed by atoms with Gasteiger partial charge in [0.1, 0.15) is 0 Å². The van der Waals surface area contributed by atoms with Gasteiger partial charge < -0.3 is 5.32 Å². The van der Waals surface area contributed by atoms with E-state index in [9.17, 15) is 0 Å². The minimum atomic E-state index is 0.885. The van der Waals surface area contributed by atoms with Crippen LogP contribution in [0.5, 0.6) is 0 Å². The van der Waals surface area contributed by atoms with Crippen molar-refractivity contribution >= 4 is 0 Å². The van der Waals surface area contributed by atoms with Gasteiger partial charge in [0.05, 0.1) is 0 Å². The van der Waals surface area contributed by atoms with Crippen molar-refractivity contribution in [2.24, 2.45) is 11.8 Å². The molecule has 3 atom stereocenters. The maximum atomic E-state index is 3.49. The second-order valence-electron chi connectivity index (χ2n) is 5.56. The van der Waals surface area contributed by atoms with E-state index in [1.807, 2.05) is 0 Å². The fourth-order valence-electron chi connectivity index (χ4n) is 3.08. The standard InChI is InChI=1S/C13H26N2/c1-11-4-5-13(10-12(11)2)15-8-3-6-14-7-9-15/h11-14H,3-10H2,1-2H3. The van der Waals surface area contributed by atoms with Crippen LogP contribution in [-0.4, -0.2) is 37.1 Å². The van der Waals surface area contributed by atoms with Crippen LogP contribution in [0, 0.1) is 11.8 Å². The Bertz CT molecular complexity index is 185. The summed E-state index contributed by atoms with van der Waals surface area (Å²) in [6, 6.07) is 0.885. The van der Waals surface area contributed by atoms with Crippen LogP contribution in [0.15, 0.2) is 0 Å². The largest absolute Gasteiger partial charge is 0.315 e. The highest BCUT2D eigenvalue weighted by molar-refractivity contribution is 4.83. The van der Waals surface area contributed by atoms with Gasteiger partial charge in [-0.1, -0.05) is 13.8 Å². The second-order valence-corrected chi connectivity index (χ2v) is 5.56. The van der Waals surface area contributed by atoms with E-state index in [1.54, 1.807) is 0 Å². The average molecular weight is 210 g/mol. The zero-order chi connectivity index (χ0) is 10.7. The number of hydrogen-bond donors (Lipinski definition) is 1. The third kappa shape index (κ3) is 2.94. The van der Waals surface area contributed by atoms with E-state index in [-0.39, 0.29) is 0 Å². The Hall–Kier alpha value is -0.0800. The van der Waals surface area contributed by atoms with Crippen molar-refractivity contribution in [2.75, 3.05) is 26.2 Å². The zero-order valence-corrected chi connectivity index (χ0v) is 10.3. The minimum Gasteiger partial charge on any atom is -0.315 e. The first kappa shape index (κ1) is 11.4. The Morgan fingerprint density at radius 2 is 1.87 bits per heavy atom. The van der Waals surface area contributed by atoms with Crippen molar-refractivity contribution in [3.63, 3.8) is 0 Å². The molecule has 0 radical (unpaired) electrons.